The molecule has 70 valence electrons. The van der Waals surface area contributed by atoms with Gasteiger partial charge in [-0.2, -0.15) is 0 Å². The maximum atomic E-state index is 11.2. The van der Waals surface area contributed by atoms with E-state index in [1.54, 1.807) is 12.0 Å². The van der Waals surface area contributed by atoms with Crippen LogP contribution in [0.25, 0.3) is 0 Å². The van der Waals surface area contributed by atoms with E-state index in [4.69, 9.17) is 9.84 Å². The summed E-state index contributed by atoms with van der Waals surface area (Å²) >= 11 is 0. The topological polar surface area (TPSA) is 49.8 Å². The number of hydrogen-bond acceptors (Lipinski definition) is 3. The standard InChI is InChI=1S/C8H15NO3/c1-12-7-2-4-9(6-7)8(11)3-5-10/h7,10H,2-6H2,1H3. The minimum atomic E-state index is -0.0625. The minimum absolute atomic E-state index is 0.0250. The summed E-state index contributed by atoms with van der Waals surface area (Å²) in [6.07, 6.45) is 1.33. The van der Waals surface area contributed by atoms with E-state index in [0.717, 1.165) is 13.0 Å². The highest BCUT2D eigenvalue weighted by molar-refractivity contribution is 5.76. The van der Waals surface area contributed by atoms with Gasteiger partial charge in [0.1, 0.15) is 0 Å². The fraction of sp³-hybridized carbons (Fsp3) is 0.875. The first-order chi connectivity index (χ1) is 5.77. The van der Waals surface area contributed by atoms with Gasteiger partial charge in [0.15, 0.2) is 0 Å². The number of rotatable bonds is 3. The maximum Gasteiger partial charge on any atom is 0.224 e. The molecular weight excluding hydrogens is 158 g/mol. The first kappa shape index (κ1) is 9.48. The Bertz CT molecular complexity index is 160. The van der Waals surface area contributed by atoms with Gasteiger partial charge in [0, 0.05) is 26.6 Å². The Labute approximate surface area is 72.1 Å². The van der Waals surface area contributed by atoms with Gasteiger partial charge in [-0.15, -0.1) is 0 Å². The summed E-state index contributed by atoms with van der Waals surface area (Å²) in [6, 6.07) is 0. The summed E-state index contributed by atoms with van der Waals surface area (Å²) < 4.78 is 5.11. The second kappa shape index (κ2) is 4.42. The minimum Gasteiger partial charge on any atom is -0.396 e. The van der Waals surface area contributed by atoms with Crippen LogP contribution < -0.4 is 0 Å². The number of ether oxygens (including phenoxy) is 1. The van der Waals surface area contributed by atoms with E-state index < -0.39 is 0 Å². The Balaban J connectivity index is 2.31. The van der Waals surface area contributed by atoms with E-state index in [-0.39, 0.29) is 25.0 Å². The average molecular weight is 173 g/mol. The number of nitrogens with zero attached hydrogens (tertiary/aromatic N) is 1. The van der Waals surface area contributed by atoms with Gasteiger partial charge in [-0.3, -0.25) is 4.79 Å². The Morgan fingerprint density at radius 3 is 3.00 bits per heavy atom. The number of methoxy groups -OCH3 is 1. The lowest BCUT2D eigenvalue weighted by Gasteiger charge is -2.14. The molecule has 4 nitrogen and oxygen atoms in total. The van der Waals surface area contributed by atoms with Crippen LogP contribution in [0.5, 0.6) is 0 Å². The van der Waals surface area contributed by atoms with E-state index >= 15 is 0 Å². The Kier molecular flexibility index (Phi) is 3.49. The van der Waals surface area contributed by atoms with Crippen molar-refractivity contribution in [1.82, 2.24) is 4.90 Å². The third-order valence-electron chi connectivity index (χ3n) is 2.16. The number of likely N-dealkylation sites (tertiary alicyclic amines) is 1. The summed E-state index contributed by atoms with van der Waals surface area (Å²) in [5, 5.41) is 8.54. The lowest BCUT2D eigenvalue weighted by molar-refractivity contribution is -0.131. The second-order valence-electron chi connectivity index (χ2n) is 2.96. The molecular formula is C8H15NO3. The molecule has 0 radical (unpaired) electrons. The van der Waals surface area contributed by atoms with E-state index in [9.17, 15) is 4.79 Å². The number of aliphatic hydroxyl groups excluding tert-OH is 1. The quantitative estimate of drug-likeness (QED) is 0.632. The van der Waals surface area contributed by atoms with Crippen LogP contribution >= 0.6 is 0 Å². The highest BCUT2D eigenvalue weighted by atomic mass is 16.5. The van der Waals surface area contributed by atoms with Crippen LogP contribution in [0.15, 0.2) is 0 Å². The Morgan fingerprint density at radius 2 is 2.50 bits per heavy atom. The number of carbonyl (C=O) groups is 1. The molecule has 0 bridgehead atoms. The fourth-order valence-electron chi connectivity index (χ4n) is 1.40. The lowest BCUT2D eigenvalue weighted by Crippen LogP contribution is -2.30. The second-order valence-corrected chi connectivity index (χ2v) is 2.96. The van der Waals surface area contributed by atoms with Gasteiger partial charge in [0.2, 0.25) is 5.91 Å². The van der Waals surface area contributed by atoms with Gasteiger partial charge in [0.25, 0.3) is 0 Å². The molecule has 0 aromatic rings. The lowest BCUT2D eigenvalue weighted by atomic mass is 10.3. The molecule has 1 heterocycles. The van der Waals surface area contributed by atoms with Gasteiger partial charge in [-0.05, 0) is 6.42 Å². The number of aliphatic hydroxyl groups is 1. The van der Waals surface area contributed by atoms with Crippen molar-refractivity contribution in [2.75, 3.05) is 26.8 Å². The van der Waals surface area contributed by atoms with Crippen molar-refractivity contribution in [2.24, 2.45) is 0 Å². The van der Waals surface area contributed by atoms with E-state index in [0.29, 0.717) is 6.54 Å². The molecule has 1 rings (SSSR count). The van der Waals surface area contributed by atoms with Gasteiger partial charge < -0.3 is 14.7 Å². The molecule has 0 spiro atoms. The van der Waals surface area contributed by atoms with Crippen molar-refractivity contribution in [3.8, 4) is 0 Å². The maximum absolute atomic E-state index is 11.2. The number of amides is 1. The molecule has 1 unspecified atom stereocenters. The molecule has 0 aromatic heterocycles. The van der Waals surface area contributed by atoms with Gasteiger partial charge in [0.05, 0.1) is 12.7 Å². The highest BCUT2D eigenvalue weighted by Crippen LogP contribution is 2.12. The molecule has 1 N–H and O–H groups in total. The first-order valence-electron chi connectivity index (χ1n) is 4.19. The van der Waals surface area contributed by atoms with Crippen molar-refractivity contribution >= 4 is 5.91 Å². The van der Waals surface area contributed by atoms with Crippen molar-refractivity contribution in [3.63, 3.8) is 0 Å². The first-order valence-corrected chi connectivity index (χ1v) is 4.19. The molecule has 0 aromatic carbocycles. The summed E-state index contributed by atoms with van der Waals surface area (Å²) in [6.45, 7) is 1.37. The molecule has 12 heavy (non-hydrogen) atoms. The zero-order valence-electron chi connectivity index (χ0n) is 7.32. The molecule has 1 saturated heterocycles. The van der Waals surface area contributed by atoms with Crippen LogP contribution in [-0.2, 0) is 9.53 Å². The third-order valence-corrected chi connectivity index (χ3v) is 2.16. The van der Waals surface area contributed by atoms with Gasteiger partial charge in [-0.1, -0.05) is 0 Å². The summed E-state index contributed by atoms with van der Waals surface area (Å²) in [7, 11) is 1.66. The van der Waals surface area contributed by atoms with Crippen molar-refractivity contribution in [1.29, 1.82) is 0 Å². The summed E-state index contributed by atoms with van der Waals surface area (Å²) in [5.74, 6) is 0.0250. The van der Waals surface area contributed by atoms with Gasteiger partial charge >= 0.3 is 0 Å². The average Bonchev–Trinajstić information content (AvgIpc) is 2.52. The largest absolute Gasteiger partial charge is 0.396 e. The van der Waals surface area contributed by atoms with Gasteiger partial charge in [-0.25, -0.2) is 0 Å². The monoisotopic (exact) mass is 173 g/mol. The predicted octanol–water partition coefficient (Wildman–Crippen LogP) is -0.384. The Morgan fingerprint density at radius 1 is 1.75 bits per heavy atom. The fourth-order valence-corrected chi connectivity index (χ4v) is 1.40. The van der Waals surface area contributed by atoms with Crippen LogP contribution in [-0.4, -0.2) is 48.8 Å². The molecule has 4 heteroatoms. The molecule has 1 fully saturated rings. The third kappa shape index (κ3) is 2.19. The van der Waals surface area contributed by atoms with Crippen molar-refractivity contribution < 1.29 is 14.6 Å². The zero-order valence-corrected chi connectivity index (χ0v) is 7.32. The van der Waals surface area contributed by atoms with Crippen LogP contribution in [0.2, 0.25) is 0 Å². The molecule has 0 saturated carbocycles. The number of hydrogen-bond donors (Lipinski definition) is 1. The van der Waals surface area contributed by atoms with Crippen LogP contribution in [0, 0.1) is 0 Å². The van der Waals surface area contributed by atoms with Crippen molar-refractivity contribution in [2.45, 2.75) is 18.9 Å². The summed E-state index contributed by atoms with van der Waals surface area (Å²) in [5.41, 5.74) is 0. The zero-order chi connectivity index (χ0) is 8.97. The van der Waals surface area contributed by atoms with Crippen molar-refractivity contribution in [3.05, 3.63) is 0 Å². The predicted molar refractivity (Wildman–Crippen MR) is 43.7 cm³/mol. The number of carbonyl (C=O) groups excluding carboxylic acids is 1. The highest BCUT2D eigenvalue weighted by Gasteiger charge is 2.25. The van der Waals surface area contributed by atoms with Crippen LogP contribution in [0.3, 0.4) is 0 Å². The molecule has 1 aliphatic rings. The SMILES string of the molecule is COC1CCN(C(=O)CCO)C1. The molecule has 1 amide bonds. The van der Waals surface area contributed by atoms with Crippen LogP contribution in [0.1, 0.15) is 12.8 Å². The van der Waals surface area contributed by atoms with Crippen LogP contribution in [0.4, 0.5) is 0 Å². The van der Waals surface area contributed by atoms with E-state index in [1.165, 1.54) is 0 Å². The molecule has 1 aliphatic heterocycles. The summed E-state index contributed by atoms with van der Waals surface area (Å²) in [4.78, 5) is 13.0. The van der Waals surface area contributed by atoms with E-state index in [2.05, 4.69) is 0 Å². The molecule has 1 atom stereocenters. The van der Waals surface area contributed by atoms with E-state index in [1.807, 2.05) is 0 Å². The normalized spacial score (nSPS) is 23.2. The molecule has 0 aliphatic carbocycles. The smallest absolute Gasteiger partial charge is 0.224 e. The Hall–Kier alpha value is -0.610.